The van der Waals surface area contributed by atoms with Crippen LogP contribution in [0.4, 0.5) is 21.9 Å². The summed E-state index contributed by atoms with van der Waals surface area (Å²) < 4.78 is 6.16. The second kappa shape index (κ2) is 7.28. The highest BCUT2D eigenvalue weighted by Crippen LogP contribution is 2.46. The van der Waals surface area contributed by atoms with Gasteiger partial charge in [-0.1, -0.05) is 6.42 Å². The van der Waals surface area contributed by atoms with Crippen molar-refractivity contribution < 1.29 is 19.4 Å². The highest BCUT2D eigenvalue weighted by atomic mass is 32.1. The number of aryl methyl sites for hydroxylation is 1. The van der Waals surface area contributed by atoms with E-state index in [1.807, 2.05) is 25.1 Å². The van der Waals surface area contributed by atoms with E-state index in [0.29, 0.717) is 21.6 Å². The quantitative estimate of drug-likeness (QED) is 0.562. The van der Waals surface area contributed by atoms with Crippen molar-refractivity contribution in [2.75, 3.05) is 10.2 Å². The first-order chi connectivity index (χ1) is 14.5. The number of aromatic carboxylic acids is 1. The Bertz CT molecular complexity index is 1170. The fourth-order valence-corrected chi connectivity index (χ4v) is 5.26. The van der Waals surface area contributed by atoms with Gasteiger partial charge >= 0.3 is 12.0 Å². The van der Waals surface area contributed by atoms with Gasteiger partial charge < -0.3 is 15.2 Å². The maximum atomic E-state index is 13.0. The number of ether oxygens (including phenoxy) is 1. The fourth-order valence-electron chi connectivity index (χ4n) is 4.30. The first kappa shape index (κ1) is 18.9. The number of carbonyl (C=O) groups is 2. The molecule has 2 N–H and O–H groups in total. The summed E-state index contributed by atoms with van der Waals surface area (Å²) in [5.74, 6) is -0.266. The van der Waals surface area contributed by atoms with E-state index in [2.05, 4.69) is 10.3 Å². The normalized spacial score (nSPS) is 16.6. The molecule has 0 saturated heterocycles. The van der Waals surface area contributed by atoms with Gasteiger partial charge in [0.25, 0.3) is 0 Å². The maximum absolute atomic E-state index is 13.0. The third-order valence-electron chi connectivity index (χ3n) is 5.70. The lowest BCUT2D eigenvalue weighted by atomic mass is 9.98. The van der Waals surface area contributed by atoms with Crippen LogP contribution in [0.1, 0.15) is 47.3 Å². The molecule has 1 aromatic carbocycles. The third-order valence-corrected chi connectivity index (χ3v) is 6.79. The van der Waals surface area contributed by atoms with E-state index in [9.17, 15) is 14.7 Å². The molecule has 3 heterocycles. The molecule has 0 radical (unpaired) electrons. The number of nitrogens with zero attached hydrogens (tertiary/aromatic N) is 2. The van der Waals surface area contributed by atoms with Crippen LogP contribution in [0, 0.1) is 6.92 Å². The summed E-state index contributed by atoms with van der Waals surface area (Å²) in [6.07, 6.45) is 7.70. The van der Waals surface area contributed by atoms with Crippen LogP contribution >= 0.6 is 11.3 Å². The third kappa shape index (κ3) is 3.08. The Labute approximate surface area is 177 Å². The number of urea groups is 1. The highest BCUT2D eigenvalue weighted by molar-refractivity contribution is 7.21. The van der Waals surface area contributed by atoms with Crippen LogP contribution in [0.15, 0.2) is 30.5 Å². The smallest absolute Gasteiger partial charge is 0.348 e. The fraction of sp³-hybridized carbons (Fsp3) is 0.318. The zero-order valence-electron chi connectivity index (χ0n) is 16.5. The Balaban J connectivity index is 1.54. The molecule has 2 aromatic heterocycles. The van der Waals surface area contributed by atoms with Crippen molar-refractivity contribution in [3.63, 3.8) is 0 Å². The number of amides is 2. The monoisotopic (exact) mass is 423 g/mol. The van der Waals surface area contributed by atoms with Gasteiger partial charge in [-0.25, -0.2) is 14.6 Å². The first-order valence-electron chi connectivity index (χ1n) is 10.1. The molecule has 2 amide bonds. The number of nitrogens with one attached hydrogen (secondary N) is 1. The van der Waals surface area contributed by atoms with Crippen LogP contribution in [-0.4, -0.2) is 28.2 Å². The molecule has 154 valence electrons. The van der Waals surface area contributed by atoms with Gasteiger partial charge in [-0.15, -0.1) is 11.3 Å². The number of hydrogen-bond donors (Lipinski definition) is 2. The Morgan fingerprint density at radius 1 is 1.23 bits per heavy atom. The molecule has 1 aliphatic heterocycles. The molecular formula is C22H21N3O4S. The second-order valence-corrected chi connectivity index (χ2v) is 8.71. The Morgan fingerprint density at radius 2 is 2.03 bits per heavy atom. The standard InChI is InChI=1S/C22H21N3O4S/c1-12-11-14(29-13-5-3-2-4-6-13)7-8-15(12)25-16-9-10-23-20-17(16)18(24-22(25)28)19(30-20)21(26)27/h7-11,13H,2-6H2,1H3,(H,24,28)(H,26,27). The molecule has 1 fully saturated rings. The molecule has 0 bridgehead atoms. The van der Waals surface area contributed by atoms with E-state index < -0.39 is 5.97 Å². The number of carboxylic acids is 1. The number of benzene rings is 1. The van der Waals surface area contributed by atoms with Crippen molar-refractivity contribution in [3.8, 4) is 5.75 Å². The maximum Gasteiger partial charge on any atom is 0.348 e. The molecule has 5 rings (SSSR count). The molecule has 1 aliphatic carbocycles. The lowest BCUT2D eigenvalue weighted by molar-refractivity contribution is 0.0703. The van der Waals surface area contributed by atoms with Crippen molar-refractivity contribution >= 4 is 50.6 Å². The van der Waals surface area contributed by atoms with Crippen LogP contribution in [-0.2, 0) is 0 Å². The van der Waals surface area contributed by atoms with Crippen LogP contribution in [0.5, 0.6) is 5.75 Å². The molecular weight excluding hydrogens is 402 g/mol. The van der Waals surface area contributed by atoms with E-state index in [0.717, 1.165) is 41.2 Å². The second-order valence-electron chi connectivity index (χ2n) is 7.71. The average molecular weight is 423 g/mol. The van der Waals surface area contributed by atoms with E-state index in [1.165, 1.54) is 19.3 Å². The zero-order valence-corrected chi connectivity index (χ0v) is 17.3. The number of carbonyl (C=O) groups excluding carboxylic acids is 1. The van der Waals surface area contributed by atoms with Gasteiger partial charge in [-0.05, 0) is 62.4 Å². The molecule has 0 unspecified atom stereocenters. The van der Waals surface area contributed by atoms with Crippen LogP contribution < -0.4 is 15.0 Å². The minimum Gasteiger partial charge on any atom is -0.490 e. The molecule has 0 atom stereocenters. The molecule has 1 saturated carbocycles. The largest absolute Gasteiger partial charge is 0.490 e. The van der Waals surface area contributed by atoms with Gasteiger partial charge in [0.05, 0.1) is 28.6 Å². The van der Waals surface area contributed by atoms with E-state index in [1.54, 1.807) is 17.2 Å². The van der Waals surface area contributed by atoms with Gasteiger partial charge in [0.15, 0.2) is 0 Å². The summed E-state index contributed by atoms with van der Waals surface area (Å²) in [6, 6.07) is 7.10. The average Bonchev–Trinajstić information content (AvgIpc) is 3.10. The topological polar surface area (TPSA) is 91.8 Å². The summed E-state index contributed by atoms with van der Waals surface area (Å²) in [4.78, 5) is 31.2. The minimum absolute atomic E-state index is 0.0888. The number of pyridine rings is 1. The summed E-state index contributed by atoms with van der Waals surface area (Å²) in [6.45, 7) is 1.94. The predicted molar refractivity (Wildman–Crippen MR) is 116 cm³/mol. The Hall–Kier alpha value is -3.13. The van der Waals surface area contributed by atoms with Gasteiger partial charge in [0.1, 0.15) is 15.5 Å². The van der Waals surface area contributed by atoms with Crippen molar-refractivity contribution in [1.29, 1.82) is 0 Å². The lowest BCUT2D eigenvalue weighted by Crippen LogP contribution is -2.34. The first-order valence-corrected chi connectivity index (χ1v) is 10.9. The van der Waals surface area contributed by atoms with Crippen LogP contribution in [0.3, 0.4) is 0 Å². The minimum atomic E-state index is -1.08. The molecule has 3 aromatic rings. The Kier molecular flexibility index (Phi) is 4.58. The number of rotatable bonds is 4. The number of anilines is 3. The van der Waals surface area contributed by atoms with Crippen molar-refractivity contribution in [3.05, 3.63) is 40.9 Å². The van der Waals surface area contributed by atoms with Crippen molar-refractivity contribution in [2.24, 2.45) is 0 Å². The van der Waals surface area contributed by atoms with Crippen LogP contribution in [0.2, 0.25) is 0 Å². The summed E-state index contributed by atoms with van der Waals surface area (Å²) in [5, 5.41) is 12.9. The van der Waals surface area contributed by atoms with E-state index >= 15 is 0 Å². The SMILES string of the molecule is Cc1cc(OC2CCCCC2)ccc1N1C(=O)Nc2c(C(=O)O)sc3nccc1c23. The summed E-state index contributed by atoms with van der Waals surface area (Å²) >= 11 is 1.06. The van der Waals surface area contributed by atoms with Crippen LogP contribution in [0.25, 0.3) is 10.2 Å². The number of thiophene rings is 1. The summed E-state index contributed by atoms with van der Waals surface area (Å²) in [5.41, 5.74) is 2.58. The van der Waals surface area contributed by atoms with Gasteiger partial charge in [0, 0.05) is 6.20 Å². The highest BCUT2D eigenvalue weighted by Gasteiger charge is 2.33. The van der Waals surface area contributed by atoms with Crippen molar-refractivity contribution in [2.45, 2.75) is 45.1 Å². The number of hydrogen-bond acceptors (Lipinski definition) is 5. The molecule has 7 nitrogen and oxygen atoms in total. The van der Waals surface area contributed by atoms with E-state index in [4.69, 9.17) is 4.74 Å². The molecule has 2 aliphatic rings. The van der Waals surface area contributed by atoms with Gasteiger partial charge in [0.2, 0.25) is 0 Å². The Morgan fingerprint density at radius 3 is 2.77 bits per heavy atom. The molecule has 0 spiro atoms. The van der Waals surface area contributed by atoms with Crippen molar-refractivity contribution in [1.82, 2.24) is 4.98 Å². The molecule has 30 heavy (non-hydrogen) atoms. The number of aromatic nitrogens is 1. The summed E-state index contributed by atoms with van der Waals surface area (Å²) in [7, 11) is 0. The van der Waals surface area contributed by atoms with Gasteiger partial charge in [-0.3, -0.25) is 4.90 Å². The number of carboxylic acid groups (broad SMARTS) is 1. The zero-order chi connectivity index (χ0) is 20.8. The van der Waals surface area contributed by atoms with Gasteiger partial charge in [-0.2, -0.15) is 0 Å². The van der Waals surface area contributed by atoms with E-state index in [-0.39, 0.29) is 17.0 Å². The molecule has 8 heteroatoms. The predicted octanol–water partition coefficient (Wildman–Crippen LogP) is 5.70. The lowest BCUT2D eigenvalue weighted by Gasteiger charge is -2.30.